The van der Waals surface area contributed by atoms with Crippen LogP contribution in [-0.2, 0) is 11.2 Å². The van der Waals surface area contributed by atoms with Crippen LogP contribution in [0.5, 0.6) is 0 Å². The molecule has 1 aromatic heterocycles. The molecule has 1 heterocycles. The maximum absolute atomic E-state index is 10.6. The van der Waals surface area contributed by atoms with Crippen molar-refractivity contribution in [3.63, 3.8) is 0 Å². The molecule has 0 amide bonds. The zero-order chi connectivity index (χ0) is 13.7. The van der Waals surface area contributed by atoms with Gasteiger partial charge in [0.15, 0.2) is 0 Å². The second kappa shape index (κ2) is 6.11. The molecular formula is C15H16N2O2. The molecule has 19 heavy (non-hydrogen) atoms. The van der Waals surface area contributed by atoms with Gasteiger partial charge in [-0.1, -0.05) is 30.3 Å². The highest BCUT2D eigenvalue weighted by Crippen LogP contribution is 2.17. The summed E-state index contributed by atoms with van der Waals surface area (Å²) in [6, 6.07) is 13.3. The monoisotopic (exact) mass is 256 g/mol. The third kappa shape index (κ3) is 3.89. The summed E-state index contributed by atoms with van der Waals surface area (Å²) in [7, 11) is 0. The standard InChI is InChI=1S/C15H16N2O2/c16-13(10-15(18)19)9-11-4-6-12(7-5-11)14-3-1-2-8-17-14/h1-8,13H,9-10,16H2,(H,18,19)/t13-/m1/s1. The smallest absolute Gasteiger partial charge is 0.304 e. The quantitative estimate of drug-likeness (QED) is 0.858. The Bertz CT molecular complexity index is 538. The average molecular weight is 256 g/mol. The van der Waals surface area contributed by atoms with E-state index in [1.165, 1.54) is 0 Å². The van der Waals surface area contributed by atoms with E-state index in [1.54, 1.807) is 6.20 Å². The summed E-state index contributed by atoms with van der Waals surface area (Å²) in [4.78, 5) is 14.8. The number of benzene rings is 1. The molecule has 0 unspecified atom stereocenters. The Morgan fingerprint density at radius 2 is 1.95 bits per heavy atom. The number of aliphatic carboxylic acids is 1. The zero-order valence-electron chi connectivity index (χ0n) is 10.5. The molecule has 0 saturated carbocycles. The molecule has 0 aliphatic carbocycles. The Labute approximate surface area is 111 Å². The third-order valence-electron chi connectivity index (χ3n) is 2.85. The van der Waals surface area contributed by atoms with Crippen LogP contribution in [0.25, 0.3) is 11.3 Å². The van der Waals surface area contributed by atoms with Gasteiger partial charge in [-0.3, -0.25) is 9.78 Å². The maximum atomic E-state index is 10.6. The molecule has 0 aliphatic rings. The van der Waals surface area contributed by atoms with Gasteiger partial charge in [0.25, 0.3) is 0 Å². The highest BCUT2D eigenvalue weighted by Gasteiger charge is 2.09. The van der Waals surface area contributed by atoms with Gasteiger partial charge in [-0.25, -0.2) is 0 Å². The number of aromatic nitrogens is 1. The average Bonchev–Trinajstić information content (AvgIpc) is 2.39. The number of nitrogens with two attached hydrogens (primary N) is 1. The van der Waals surface area contributed by atoms with E-state index in [0.29, 0.717) is 6.42 Å². The third-order valence-corrected chi connectivity index (χ3v) is 2.85. The summed E-state index contributed by atoms with van der Waals surface area (Å²) in [6.45, 7) is 0. The highest BCUT2D eigenvalue weighted by atomic mass is 16.4. The number of carboxylic acid groups (broad SMARTS) is 1. The number of pyridine rings is 1. The van der Waals surface area contributed by atoms with Crippen LogP contribution in [0.4, 0.5) is 0 Å². The molecule has 98 valence electrons. The number of hydrogen-bond acceptors (Lipinski definition) is 3. The van der Waals surface area contributed by atoms with Gasteiger partial charge in [-0.2, -0.15) is 0 Å². The highest BCUT2D eigenvalue weighted by molar-refractivity contribution is 5.67. The van der Waals surface area contributed by atoms with E-state index in [0.717, 1.165) is 16.8 Å². The first-order valence-corrected chi connectivity index (χ1v) is 6.13. The number of carboxylic acids is 1. The van der Waals surface area contributed by atoms with Gasteiger partial charge >= 0.3 is 5.97 Å². The van der Waals surface area contributed by atoms with E-state index in [4.69, 9.17) is 10.8 Å². The number of rotatable bonds is 5. The van der Waals surface area contributed by atoms with Crippen LogP contribution < -0.4 is 5.73 Å². The number of nitrogens with zero attached hydrogens (tertiary/aromatic N) is 1. The van der Waals surface area contributed by atoms with Crippen molar-refractivity contribution < 1.29 is 9.90 Å². The predicted octanol–water partition coefficient (Wildman–Crippen LogP) is 2.09. The summed E-state index contributed by atoms with van der Waals surface area (Å²) in [5.74, 6) is -0.863. The molecule has 0 radical (unpaired) electrons. The molecule has 0 bridgehead atoms. The largest absolute Gasteiger partial charge is 0.481 e. The minimum atomic E-state index is -0.863. The van der Waals surface area contributed by atoms with E-state index >= 15 is 0 Å². The topological polar surface area (TPSA) is 76.2 Å². The Balaban J connectivity index is 2.05. The van der Waals surface area contributed by atoms with E-state index in [2.05, 4.69) is 4.98 Å². The Kier molecular flexibility index (Phi) is 4.26. The van der Waals surface area contributed by atoms with Crippen molar-refractivity contribution in [3.8, 4) is 11.3 Å². The molecule has 2 aromatic rings. The van der Waals surface area contributed by atoms with E-state index in [-0.39, 0.29) is 12.5 Å². The Morgan fingerprint density at radius 1 is 1.21 bits per heavy atom. The molecule has 0 saturated heterocycles. The molecule has 0 aliphatic heterocycles. The fourth-order valence-electron chi connectivity index (χ4n) is 1.94. The van der Waals surface area contributed by atoms with Crippen LogP contribution in [0.3, 0.4) is 0 Å². The Hall–Kier alpha value is -2.20. The summed E-state index contributed by atoms with van der Waals surface area (Å²) < 4.78 is 0. The summed E-state index contributed by atoms with van der Waals surface area (Å²) in [6.07, 6.45) is 2.31. The van der Waals surface area contributed by atoms with Crippen molar-refractivity contribution in [2.75, 3.05) is 0 Å². The van der Waals surface area contributed by atoms with Gasteiger partial charge in [-0.05, 0) is 24.1 Å². The summed E-state index contributed by atoms with van der Waals surface area (Å²) in [5.41, 5.74) is 8.76. The lowest BCUT2D eigenvalue weighted by atomic mass is 10.0. The molecule has 4 heteroatoms. The van der Waals surface area contributed by atoms with Crippen molar-refractivity contribution in [2.45, 2.75) is 18.9 Å². The van der Waals surface area contributed by atoms with Gasteiger partial charge < -0.3 is 10.8 Å². The van der Waals surface area contributed by atoms with Crippen LogP contribution in [0, 0.1) is 0 Å². The van der Waals surface area contributed by atoms with Crippen molar-refractivity contribution in [2.24, 2.45) is 5.73 Å². The van der Waals surface area contributed by atoms with Crippen molar-refractivity contribution in [3.05, 3.63) is 54.2 Å². The maximum Gasteiger partial charge on any atom is 0.304 e. The summed E-state index contributed by atoms with van der Waals surface area (Å²) in [5, 5.41) is 8.67. The summed E-state index contributed by atoms with van der Waals surface area (Å²) >= 11 is 0. The van der Waals surface area contributed by atoms with Crippen LogP contribution in [0.1, 0.15) is 12.0 Å². The van der Waals surface area contributed by atoms with E-state index in [9.17, 15) is 4.79 Å². The lowest BCUT2D eigenvalue weighted by molar-refractivity contribution is -0.137. The van der Waals surface area contributed by atoms with Crippen molar-refractivity contribution >= 4 is 5.97 Å². The van der Waals surface area contributed by atoms with Crippen LogP contribution >= 0.6 is 0 Å². The van der Waals surface area contributed by atoms with Crippen LogP contribution in [0.15, 0.2) is 48.7 Å². The second-order valence-electron chi connectivity index (χ2n) is 4.47. The fraction of sp³-hybridized carbons (Fsp3) is 0.200. The lowest BCUT2D eigenvalue weighted by Crippen LogP contribution is -2.26. The minimum absolute atomic E-state index is 0.0119. The van der Waals surface area contributed by atoms with Gasteiger partial charge in [0.05, 0.1) is 12.1 Å². The SMILES string of the molecule is N[C@@H](CC(=O)O)Cc1ccc(-c2ccccn2)cc1. The van der Waals surface area contributed by atoms with Crippen LogP contribution in [0.2, 0.25) is 0 Å². The molecular weight excluding hydrogens is 240 g/mol. The van der Waals surface area contributed by atoms with Crippen molar-refractivity contribution in [1.82, 2.24) is 4.98 Å². The normalized spacial score (nSPS) is 12.1. The second-order valence-corrected chi connectivity index (χ2v) is 4.47. The number of hydrogen-bond donors (Lipinski definition) is 2. The lowest BCUT2D eigenvalue weighted by Gasteiger charge is -2.09. The first kappa shape index (κ1) is 13.2. The van der Waals surface area contributed by atoms with E-state index < -0.39 is 5.97 Å². The molecule has 2 rings (SSSR count). The van der Waals surface area contributed by atoms with Gasteiger partial charge in [-0.15, -0.1) is 0 Å². The molecule has 4 nitrogen and oxygen atoms in total. The molecule has 1 atom stereocenters. The first-order chi connectivity index (χ1) is 9.15. The zero-order valence-corrected chi connectivity index (χ0v) is 10.5. The predicted molar refractivity (Wildman–Crippen MR) is 73.6 cm³/mol. The van der Waals surface area contributed by atoms with Crippen molar-refractivity contribution in [1.29, 1.82) is 0 Å². The minimum Gasteiger partial charge on any atom is -0.481 e. The fourth-order valence-corrected chi connectivity index (χ4v) is 1.94. The van der Waals surface area contributed by atoms with Gasteiger partial charge in [0.1, 0.15) is 0 Å². The van der Waals surface area contributed by atoms with Crippen LogP contribution in [-0.4, -0.2) is 22.1 Å². The molecule has 0 spiro atoms. The van der Waals surface area contributed by atoms with Gasteiger partial charge in [0, 0.05) is 17.8 Å². The Morgan fingerprint density at radius 3 is 2.53 bits per heavy atom. The number of carbonyl (C=O) groups is 1. The molecule has 3 N–H and O–H groups in total. The molecule has 1 aromatic carbocycles. The molecule has 0 fully saturated rings. The van der Waals surface area contributed by atoms with E-state index in [1.807, 2.05) is 42.5 Å². The van der Waals surface area contributed by atoms with Gasteiger partial charge in [0.2, 0.25) is 0 Å². The first-order valence-electron chi connectivity index (χ1n) is 6.13.